The molecule has 2 aromatic rings. The second kappa shape index (κ2) is 15.3. The van der Waals surface area contributed by atoms with Crippen molar-refractivity contribution in [1.29, 1.82) is 5.26 Å². The van der Waals surface area contributed by atoms with Crippen molar-refractivity contribution in [2.24, 2.45) is 16.5 Å². The number of methoxy groups -OCH3 is 1. The summed E-state index contributed by atoms with van der Waals surface area (Å²) in [5.74, 6) is -1.51. The van der Waals surface area contributed by atoms with E-state index in [0.717, 1.165) is 41.7 Å². The summed E-state index contributed by atoms with van der Waals surface area (Å²) in [4.78, 5) is 62.5. The number of amides is 4. The van der Waals surface area contributed by atoms with Gasteiger partial charge >= 0.3 is 6.09 Å². The normalized spacial score (nSPS) is 23.8. The van der Waals surface area contributed by atoms with E-state index in [-0.39, 0.29) is 25.5 Å². The number of hydrogen-bond donors (Lipinski definition) is 3. The molecule has 2 saturated carbocycles. The second-order valence-corrected chi connectivity index (χ2v) is 14.9. The molecular weight excluding hydrogens is 660 g/mol. The molecule has 1 aromatic heterocycles. The molecule has 3 N–H and O–H groups in total. The van der Waals surface area contributed by atoms with E-state index >= 15 is 0 Å². The maximum absolute atomic E-state index is 14.3. The van der Waals surface area contributed by atoms with Gasteiger partial charge in [0.2, 0.25) is 11.8 Å². The summed E-state index contributed by atoms with van der Waals surface area (Å²) >= 11 is 1.58. The first-order valence-corrected chi connectivity index (χ1v) is 17.6. The minimum Gasteiger partial charge on any atom is -0.497 e. The van der Waals surface area contributed by atoms with Gasteiger partial charge < -0.3 is 29.8 Å². The van der Waals surface area contributed by atoms with E-state index in [1.807, 2.05) is 56.5 Å². The van der Waals surface area contributed by atoms with Crippen molar-refractivity contribution >= 4 is 41.4 Å². The van der Waals surface area contributed by atoms with Crippen LogP contribution in [0.2, 0.25) is 0 Å². The summed E-state index contributed by atoms with van der Waals surface area (Å²) in [6, 6.07) is 7.47. The number of oxime groups is 1. The number of benzene rings is 1. The molecule has 3 fully saturated rings. The molecule has 2 aliphatic carbocycles. The van der Waals surface area contributed by atoms with Gasteiger partial charge in [0.05, 0.1) is 19.9 Å². The minimum atomic E-state index is -1.36. The first kappa shape index (κ1) is 36.4. The van der Waals surface area contributed by atoms with Gasteiger partial charge in [0.15, 0.2) is 6.19 Å². The van der Waals surface area contributed by atoms with Crippen LogP contribution in [-0.2, 0) is 24.0 Å². The molecule has 0 radical (unpaired) electrons. The number of nitrogens with zero attached hydrogens (tertiary/aromatic N) is 3. The third-order valence-electron chi connectivity index (χ3n) is 9.47. The van der Waals surface area contributed by atoms with Crippen molar-refractivity contribution in [3.8, 4) is 22.4 Å². The minimum absolute atomic E-state index is 0.0155. The molecule has 5 rings (SSSR count). The van der Waals surface area contributed by atoms with Crippen molar-refractivity contribution in [3.63, 3.8) is 0 Å². The summed E-state index contributed by atoms with van der Waals surface area (Å²) in [6.45, 7) is 9.18. The molecule has 0 bridgehead atoms. The maximum atomic E-state index is 14.3. The predicted molar refractivity (Wildman–Crippen MR) is 187 cm³/mol. The molecule has 5 atom stereocenters. The molecule has 1 saturated heterocycles. The molecule has 2 heterocycles. The van der Waals surface area contributed by atoms with Crippen LogP contribution in [0, 0.1) is 22.8 Å². The lowest BCUT2D eigenvalue weighted by Gasteiger charge is -2.35. The Hall–Kier alpha value is -4.90. The highest BCUT2D eigenvalue weighted by molar-refractivity contribution is 7.13. The Morgan fingerprint density at radius 3 is 2.56 bits per heavy atom. The molecule has 14 heteroatoms. The molecule has 4 amide bonds. The lowest BCUT2D eigenvalue weighted by Crippen LogP contribution is -2.59. The number of alkyl carbamates (subject to hydrolysis) is 1. The number of thiophene rings is 1. The van der Waals surface area contributed by atoms with E-state index in [9.17, 15) is 19.2 Å². The van der Waals surface area contributed by atoms with Gasteiger partial charge in [-0.15, -0.1) is 17.9 Å². The Bertz CT molecular complexity index is 1660. The first-order valence-electron chi connectivity index (χ1n) is 16.7. The Labute approximate surface area is 296 Å². The van der Waals surface area contributed by atoms with Crippen LogP contribution in [0.15, 0.2) is 53.5 Å². The second-order valence-electron chi connectivity index (χ2n) is 14.0. The molecule has 266 valence electrons. The number of hydrogen-bond acceptors (Lipinski definition) is 10. The number of carbonyl (C=O) groups excluding carboxylic acids is 4. The standard InChI is InChI=1S/C36H44N6O7S/c1-6-23-18-36(23,33(45)38-21-37)41-31(43)28-17-26(49-39-19-22-16-25(47-5)13-14-27(22)29-12-9-15-50-29)20-42(28)32(44)30(35(2,3)4)40-34(46)48-24-10-7-8-11-24/h6,9,12-16,19,23-24,26,28,30H,1,7-8,10-11,17-18,20H2,2-5H3,(H,38,45)(H,40,46)(H,41,43)/b39-19+/t23?,26-,28+,30+,36-/m1/s1. The van der Waals surface area contributed by atoms with Crippen LogP contribution < -0.4 is 20.7 Å². The Kier molecular flexibility index (Phi) is 11.2. The fourth-order valence-corrected chi connectivity index (χ4v) is 7.37. The molecular formula is C36H44N6O7S. The SMILES string of the molecule is C=CC1C[C@]1(NC(=O)[C@@H]1C[C@@H](O/N=C/c2cc(OC)ccc2-c2cccs2)CN1C(=O)[C@H](NC(=O)OC1CCCC1)C(C)(C)C)C(=O)NC#N. The lowest BCUT2D eigenvalue weighted by molar-refractivity contribution is -0.143. The van der Waals surface area contributed by atoms with Gasteiger partial charge in [-0.1, -0.05) is 38.1 Å². The average molecular weight is 705 g/mol. The van der Waals surface area contributed by atoms with Gasteiger partial charge in [-0.2, -0.15) is 5.26 Å². The van der Waals surface area contributed by atoms with E-state index in [4.69, 9.17) is 19.6 Å². The van der Waals surface area contributed by atoms with Crippen LogP contribution in [0.3, 0.4) is 0 Å². The fraction of sp³-hybridized carbons (Fsp3) is 0.500. The highest BCUT2D eigenvalue weighted by atomic mass is 32.1. The van der Waals surface area contributed by atoms with E-state index in [1.165, 1.54) is 4.90 Å². The quantitative estimate of drug-likeness (QED) is 0.0954. The number of rotatable bonds is 12. The van der Waals surface area contributed by atoms with Crippen LogP contribution in [-0.4, -0.2) is 78.4 Å². The van der Waals surface area contributed by atoms with E-state index in [1.54, 1.807) is 36.9 Å². The third-order valence-corrected chi connectivity index (χ3v) is 10.4. The van der Waals surface area contributed by atoms with Crippen molar-refractivity contribution in [2.75, 3.05) is 13.7 Å². The zero-order valence-corrected chi connectivity index (χ0v) is 29.6. The summed E-state index contributed by atoms with van der Waals surface area (Å²) in [7, 11) is 1.58. The zero-order valence-electron chi connectivity index (χ0n) is 28.8. The fourth-order valence-electron chi connectivity index (χ4n) is 6.59. The Balaban J connectivity index is 1.39. The van der Waals surface area contributed by atoms with Gasteiger partial charge in [0.25, 0.3) is 5.91 Å². The number of likely N-dealkylation sites (tertiary alicyclic amines) is 1. The molecule has 3 aliphatic rings. The number of nitrogens with one attached hydrogen (secondary N) is 3. The molecule has 13 nitrogen and oxygen atoms in total. The average Bonchev–Trinajstić information content (AvgIpc) is 3.57. The summed E-state index contributed by atoms with van der Waals surface area (Å²) in [5, 5.41) is 23.0. The molecule has 1 aliphatic heterocycles. The largest absolute Gasteiger partial charge is 0.497 e. The number of carbonyl (C=O) groups is 4. The van der Waals surface area contributed by atoms with Crippen LogP contribution in [0.25, 0.3) is 10.4 Å². The molecule has 50 heavy (non-hydrogen) atoms. The van der Waals surface area contributed by atoms with Gasteiger partial charge in [-0.3, -0.25) is 19.7 Å². The molecule has 1 unspecified atom stereocenters. The van der Waals surface area contributed by atoms with Crippen molar-refractivity contribution in [2.45, 2.75) is 89.1 Å². The van der Waals surface area contributed by atoms with Gasteiger partial charge in [-0.05, 0) is 67.2 Å². The van der Waals surface area contributed by atoms with Crippen LogP contribution in [0.1, 0.15) is 64.9 Å². The summed E-state index contributed by atoms with van der Waals surface area (Å²) in [6.07, 6.45) is 6.94. The first-order chi connectivity index (χ1) is 23.9. The van der Waals surface area contributed by atoms with E-state index in [2.05, 4.69) is 27.7 Å². The highest BCUT2D eigenvalue weighted by Crippen LogP contribution is 2.45. The van der Waals surface area contributed by atoms with Crippen LogP contribution >= 0.6 is 11.3 Å². The van der Waals surface area contributed by atoms with Crippen molar-refractivity contribution < 1.29 is 33.5 Å². The summed E-state index contributed by atoms with van der Waals surface area (Å²) in [5.41, 5.74) is -0.441. The topological polar surface area (TPSA) is 171 Å². The van der Waals surface area contributed by atoms with Crippen LogP contribution in [0.5, 0.6) is 5.75 Å². The zero-order chi connectivity index (χ0) is 36.1. The predicted octanol–water partition coefficient (Wildman–Crippen LogP) is 4.49. The van der Waals surface area contributed by atoms with Gasteiger partial charge in [0.1, 0.15) is 35.6 Å². The van der Waals surface area contributed by atoms with Gasteiger partial charge in [-0.25, -0.2) is 4.79 Å². The highest BCUT2D eigenvalue weighted by Gasteiger charge is 2.61. The maximum Gasteiger partial charge on any atom is 0.408 e. The Morgan fingerprint density at radius 2 is 1.94 bits per heavy atom. The monoisotopic (exact) mass is 704 g/mol. The number of nitriles is 1. The molecule has 1 aromatic carbocycles. The van der Waals surface area contributed by atoms with E-state index in [0.29, 0.717) is 5.75 Å². The van der Waals surface area contributed by atoms with Crippen molar-refractivity contribution in [3.05, 3.63) is 53.9 Å². The van der Waals surface area contributed by atoms with Crippen molar-refractivity contribution in [1.82, 2.24) is 20.9 Å². The third kappa shape index (κ3) is 8.10. The van der Waals surface area contributed by atoms with E-state index < -0.39 is 58.9 Å². The smallest absolute Gasteiger partial charge is 0.408 e. The summed E-state index contributed by atoms with van der Waals surface area (Å²) < 4.78 is 11.0. The lowest BCUT2D eigenvalue weighted by atomic mass is 9.85. The van der Waals surface area contributed by atoms with Crippen LogP contribution in [0.4, 0.5) is 4.79 Å². The van der Waals surface area contributed by atoms with Gasteiger partial charge in [0, 0.05) is 28.3 Å². The number of ether oxygens (including phenoxy) is 2. The Morgan fingerprint density at radius 1 is 1.18 bits per heavy atom. The molecule has 0 spiro atoms.